The molecule has 0 unspecified atom stereocenters. The van der Waals surface area contributed by atoms with E-state index in [2.05, 4.69) is 0 Å². The Bertz CT molecular complexity index is 868. The van der Waals surface area contributed by atoms with E-state index in [0.29, 0.717) is 18.1 Å². The van der Waals surface area contributed by atoms with Gasteiger partial charge in [-0.1, -0.05) is 30.9 Å². The van der Waals surface area contributed by atoms with Crippen molar-refractivity contribution in [2.45, 2.75) is 32.1 Å². The molecule has 0 radical (unpaired) electrons. The summed E-state index contributed by atoms with van der Waals surface area (Å²) in [6.45, 7) is 1.01. The second kappa shape index (κ2) is 8.36. The van der Waals surface area contributed by atoms with Gasteiger partial charge in [-0.05, 0) is 31.0 Å². The van der Waals surface area contributed by atoms with Crippen LogP contribution in [-0.2, 0) is 9.53 Å². The molecule has 1 fully saturated rings. The molecule has 6 nitrogen and oxygen atoms in total. The fourth-order valence-corrected chi connectivity index (χ4v) is 3.19. The summed E-state index contributed by atoms with van der Waals surface area (Å²) in [6, 6.07) is 5.61. The third-order valence-electron chi connectivity index (χ3n) is 4.43. The molecule has 0 spiro atoms. The highest BCUT2D eigenvalue weighted by Crippen LogP contribution is 2.18. The minimum absolute atomic E-state index is 0.227. The van der Waals surface area contributed by atoms with Crippen molar-refractivity contribution in [2.75, 3.05) is 19.7 Å². The van der Waals surface area contributed by atoms with Gasteiger partial charge in [0.2, 0.25) is 5.76 Å². The first-order valence-electron chi connectivity index (χ1n) is 8.73. The summed E-state index contributed by atoms with van der Waals surface area (Å²) in [5, 5.41) is 0.685. The maximum atomic E-state index is 12.3. The fraction of sp³-hybridized carbons (Fsp3) is 0.421. The van der Waals surface area contributed by atoms with Gasteiger partial charge in [-0.3, -0.25) is 9.59 Å². The van der Waals surface area contributed by atoms with Gasteiger partial charge in [0.05, 0.1) is 5.39 Å². The van der Waals surface area contributed by atoms with Gasteiger partial charge >= 0.3 is 5.97 Å². The van der Waals surface area contributed by atoms with E-state index in [4.69, 9.17) is 20.8 Å². The summed E-state index contributed by atoms with van der Waals surface area (Å²) in [5.41, 5.74) is -0.153. The molecule has 1 saturated heterocycles. The SMILES string of the molecule is O=C(OCC(=O)N1CCCCCCC1)c1cc(=O)c2cc(Cl)ccc2o1. The average Bonchev–Trinajstić information content (AvgIpc) is 2.59. The van der Waals surface area contributed by atoms with E-state index in [1.807, 2.05) is 0 Å². The number of esters is 1. The number of hydrogen-bond acceptors (Lipinski definition) is 5. The Hall–Kier alpha value is -2.34. The van der Waals surface area contributed by atoms with Gasteiger partial charge < -0.3 is 14.1 Å². The van der Waals surface area contributed by atoms with E-state index in [9.17, 15) is 14.4 Å². The smallest absolute Gasteiger partial charge is 0.374 e. The van der Waals surface area contributed by atoms with Gasteiger partial charge in [0.25, 0.3) is 5.91 Å². The van der Waals surface area contributed by atoms with Crippen LogP contribution < -0.4 is 5.43 Å². The van der Waals surface area contributed by atoms with Crippen LogP contribution in [-0.4, -0.2) is 36.5 Å². The van der Waals surface area contributed by atoms with E-state index >= 15 is 0 Å². The minimum Gasteiger partial charge on any atom is -0.450 e. The Kier molecular flexibility index (Phi) is 5.93. The van der Waals surface area contributed by atoms with E-state index in [0.717, 1.165) is 31.7 Å². The second-order valence-corrected chi connectivity index (χ2v) is 6.78. The zero-order valence-corrected chi connectivity index (χ0v) is 15.1. The Morgan fingerprint density at radius 3 is 2.50 bits per heavy atom. The zero-order valence-electron chi connectivity index (χ0n) is 14.3. The lowest BCUT2D eigenvalue weighted by Crippen LogP contribution is -2.37. The van der Waals surface area contributed by atoms with E-state index < -0.39 is 11.4 Å². The fourth-order valence-electron chi connectivity index (χ4n) is 3.02. The summed E-state index contributed by atoms with van der Waals surface area (Å²) in [4.78, 5) is 38.3. The monoisotopic (exact) mass is 377 g/mol. The highest BCUT2D eigenvalue weighted by atomic mass is 35.5. The standard InChI is InChI=1S/C19H20ClNO5/c20-13-6-7-16-14(10-13)15(22)11-17(26-16)19(24)25-12-18(23)21-8-4-2-1-3-5-9-21/h6-7,10-11H,1-5,8-9,12H2. The number of amides is 1. The first-order valence-corrected chi connectivity index (χ1v) is 9.11. The summed E-state index contributed by atoms with van der Waals surface area (Å²) in [6.07, 6.45) is 5.33. The molecular formula is C19H20ClNO5. The number of ether oxygens (including phenoxy) is 1. The zero-order chi connectivity index (χ0) is 18.5. The number of carbonyl (C=O) groups is 2. The van der Waals surface area contributed by atoms with E-state index in [1.54, 1.807) is 11.0 Å². The molecule has 138 valence electrons. The highest BCUT2D eigenvalue weighted by molar-refractivity contribution is 6.31. The van der Waals surface area contributed by atoms with Crippen LogP contribution in [0.4, 0.5) is 0 Å². The molecule has 0 atom stereocenters. The van der Waals surface area contributed by atoms with Crippen LogP contribution in [0, 0.1) is 0 Å². The third kappa shape index (κ3) is 4.43. The van der Waals surface area contributed by atoms with Gasteiger partial charge in [0.1, 0.15) is 5.58 Å². The maximum absolute atomic E-state index is 12.3. The lowest BCUT2D eigenvalue weighted by molar-refractivity contribution is -0.134. The van der Waals surface area contributed by atoms with Crippen molar-refractivity contribution in [3.8, 4) is 0 Å². The third-order valence-corrected chi connectivity index (χ3v) is 4.66. The van der Waals surface area contributed by atoms with Crippen molar-refractivity contribution in [3.63, 3.8) is 0 Å². The van der Waals surface area contributed by atoms with Crippen molar-refractivity contribution in [2.24, 2.45) is 0 Å². The van der Waals surface area contributed by atoms with Crippen LogP contribution in [0.25, 0.3) is 11.0 Å². The highest BCUT2D eigenvalue weighted by Gasteiger charge is 2.19. The van der Waals surface area contributed by atoms with Crippen LogP contribution in [0.1, 0.15) is 42.7 Å². The molecule has 3 rings (SSSR count). The van der Waals surface area contributed by atoms with Crippen molar-refractivity contribution in [1.82, 2.24) is 4.90 Å². The average molecular weight is 378 g/mol. The van der Waals surface area contributed by atoms with E-state index in [1.165, 1.54) is 18.6 Å². The first-order chi connectivity index (χ1) is 12.5. The van der Waals surface area contributed by atoms with Crippen LogP contribution >= 0.6 is 11.6 Å². The van der Waals surface area contributed by atoms with Crippen LogP contribution in [0.15, 0.2) is 33.5 Å². The number of likely N-dealkylation sites (tertiary alicyclic amines) is 1. The molecule has 1 aliphatic heterocycles. The molecule has 2 heterocycles. The van der Waals surface area contributed by atoms with Crippen molar-refractivity contribution >= 4 is 34.4 Å². The summed E-state index contributed by atoms with van der Waals surface area (Å²) >= 11 is 5.86. The summed E-state index contributed by atoms with van der Waals surface area (Å²) in [7, 11) is 0. The molecule has 1 aromatic carbocycles. The van der Waals surface area contributed by atoms with Gasteiger partial charge in [0.15, 0.2) is 12.0 Å². The molecular weight excluding hydrogens is 358 g/mol. The molecule has 1 amide bonds. The van der Waals surface area contributed by atoms with Crippen LogP contribution in [0.5, 0.6) is 0 Å². The molecule has 0 bridgehead atoms. The Labute approximate surface area is 155 Å². The van der Waals surface area contributed by atoms with Crippen molar-refractivity contribution in [1.29, 1.82) is 0 Å². The number of halogens is 1. The minimum atomic E-state index is -0.834. The van der Waals surface area contributed by atoms with Crippen LogP contribution in [0.2, 0.25) is 5.02 Å². The Morgan fingerprint density at radius 1 is 1.08 bits per heavy atom. The first kappa shape index (κ1) is 18.5. The maximum Gasteiger partial charge on any atom is 0.374 e. The number of rotatable bonds is 3. The lowest BCUT2D eigenvalue weighted by atomic mass is 10.1. The largest absolute Gasteiger partial charge is 0.450 e. The molecule has 26 heavy (non-hydrogen) atoms. The molecule has 1 aromatic heterocycles. The van der Waals surface area contributed by atoms with Crippen molar-refractivity contribution < 1.29 is 18.7 Å². The Morgan fingerprint density at radius 2 is 1.77 bits per heavy atom. The second-order valence-electron chi connectivity index (χ2n) is 6.34. The predicted molar refractivity (Wildman–Crippen MR) is 97.4 cm³/mol. The molecule has 2 aromatic rings. The lowest BCUT2D eigenvalue weighted by Gasteiger charge is -2.24. The molecule has 1 aliphatic rings. The topological polar surface area (TPSA) is 76.8 Å². The van der Waals surface area contributed by atoms with Crippen molar-refractivity contribution in [3.05, 3.63) is 45.3 Å². The number of carbonyl (C=O) groups excluding carboxylic acids is 2. The number of benzene rings is 1. The molecule has 7 heteroatoms. The van der Waals surface area contributed by atoms with E-state index in [-0.39, 0.29) is 29.2 Å². The predicted octanol–water partition coefficient (Wildman–Crippen LogP) is 3.40. The van der Waals surface area contributed by atoms with Gasteiger partial charge in [-0.15, -0.1) is 0 Å². The summed E-state index contributed by atoms with van der Waals surface area (Å²) < 4.78 is 10.5. The number of fused-ring (bicyclic) bond motifs is 1. The molecule has 0 aliphatic carbocycles. The van der Waals surface area contributed by atoms with Crippen LogP contribution in [0.3, 0.4) is 0 Å². The molecule has 0 saturated carbocycles. The van der Waals surface area contributed by atoms with Gasteiger partial charge in [-0.25, -0.2) is 4.79 Å². The van der Waals surface area contributed by atoms with Gasteiger partial charge in [-0.2, -0.15) is 0 Å². The quantitative estimate of drug-likeness (QED) is 0.766. The normalized spacial score (nSPS) is 15.3. The Balaban J connectivity index is 1.66. The van der Waals surface area contributed by atoms with Gasteiger partial charge in [0, 0.05) is 24.2 Å². The summed E-state index contributed by atoms with van der Waals surface area (Å²) in [5.74, 6) is -1.29. The molecule has 0 N–H and O–H groups in total. The number of hydrogen-bond donors (Lipinski definition) is 0. The number of nitrogens with zero attached hydrogens (tertiary/aromatic N) is 1.